The van der Waals surface area contributed by atoms with Crippen LogP contribution >= 0.6 is 11.6 Å². The van der Waals surface area contributed by atoms with Gasteiger partial charge in [0, 0.05) is 19.9 Å². The van der Waals surface area contributed by atoms with Gasteiger partial charge in [0.25, 0.3) is 5.91 Å². The molecule has 4 nitrogen and oxygen atoms in total. The molecule has 0 radical (unpaired) electrons. The van der Waals surface area contributed by atoms with E-state index in [-0.39, 0.29) is 11.9 Å². The Kier molecular flexibility index (Phi) is 3.64. The van der Waals surface area contributed by atoms with Crippen LogP contribution in [0.1, 0.15) is 22.3 Å². The smallest absolute Gasteiger partial charge is 0.255 e. The lowest BCUT2D eigenvalue weighted by Gasteiger charge is -2.23. The average molecular weight is 255 g/mol. The fourth-order valence-electron chi connectivity index (χ4n) is 1.93. The van der Waals surface area contributed by atoms with Gasteiger partial charge in [-0.05, 0) is 25.0 Å². The highest BCUT2D eigenvalue weighted by Gasteiger charge is 2.25. The molecule has 2 heterocycles. The van der Waals surface area contributed by atoms with Gasteiger partial charge in [-0.2, -0.15) is 0 Å². The Labute approximate surface area is 106 Å². The van der Waals surface area contributed by atoms with Gasteiger partial charge in [0.15, 0.2) is 0 Å². The molecule has 1 saturated heterocycles. The maximum atomic E-state index is 12.3. The molecule has 1 aliphatic rings. The van der Waals surface area contributed by atoms with Crippen LogP contribution in [0.4, 0.5) is 0 Å². The number of halogens is 1. The van der Waals surface area contributed by atoms with Crippen molar-refractivity contribution in [3.8, 4) is 0 Å². The van der Waals surface area contributed by atoms with E-state index in [1.54, 1.807) is 18.0 Å². The number of carbonyl (C=O) groups excluding carboxylic acids is 1. The van der Waals surface area contributed by atoms with Gasteiger partial charge < -0.3 is 9.64 Å². The first-order valence-electron chi connectivity index (χ1n) is 5.56. The molecule has 92 valence electrons. The number of hydrogen-bond acceptors (Lipinski definition) is 3. The summed E-state index contributed by atoms with van der Waals surface area (Å²) in [5.41, 5.74) is 1.45. The van der Waals surface area contributed by atoms with Crippen molar-refractivity contribution < 1.29 is 9.53 Å². The van der Waals surface area contributed by atoms with Crippen molar-refractivity contribution in [2.45, 2.75) is 19.4 Å². The zero-order valence-electron chi connectivity index (χ0n) is 9.94. The molecule has 1 fully saturated rings. The van der Waals surface area contributed by atoms with Crippen molar-refractivity contribution in [3.63, 3.8) is 0 Å². The first kappa shape index (κ1) is 12.3. The molecule has 0 saturated carbocycles. The summed E-state index contributed by atoms with van der Waals surface area (Å²) >= 11 is 5.77. The standard InChI is InChI=1S/C12H15ClN2O2/c1-8-5-11(13)14-6-10(8)12(16)15(2)9-3-4-17-7-9/h5-6,9H,3-4,7H2,1-2H3/t9-/m1/s1. The lowest BCUT2D eigenvalue weighted by Crippen LogP contribution is -2.37. The van der Waals surface area contributed by atoms with Gasteiger partial charge in [0.1, 0.15) is 5.15 Å². The fraction of sp³-hybridized carbons (Fsp3) is 0.500. The molecule has 0 aliphatic carbocycles. The largest absolute Gasteiger partial charge is 0.379 e. The molecule has 0 unspecified atom stereocenters. The quantitative estimate of drug-likeness (QED) is 0.757. The lowest BCUT2D eigenvalue weighted by molar-refractivity contribution is 0.0710. The van der Waals surface area contributed by atoms with Gasteiger partial charge in [0.05, 0.1) is 18.2 Å². The van der Waals surface area contributed by atoms with Crippen LogP contribution < -0.4 is 0 Å². The number of aryl methyl sites for hydroxylation is 1. The van der Waals surface area contributed by atoms with Gasteiger partial charge in [-0.1, -0.05) is 11.6 Å². The van der Waals surface area contributed by atoms with Gasteiger partial charge in [-0.15, -0.1) is 0 Å². The Morgan fingerprint density at radius 3 is 3.00 bits per heavy atom. The van der Waals surface area contributed by atoms with Crippen LogP contribution in [-0.4, -0.2) is 42.1 Å². The minimum atomic E-state index is -0.0258. The van der Waals surface area contributed by atoms with Crippen LogP contribution in [0.3, 0.4) is 0 Å². The monoisotopic (exact) mass is 254 g/mol. The van der Waals surface area contributed by atoms with Crippen LogP contribution in [-0.2, 0) is 4.74 Å². The number of pyridine rings is 1. The predicted octanol–water partition coefficient (Wildman–Crippen LogP) is 1.90. The Balaban J connectivity index is 2.18. The van der Waals surface area contributed by atoms with E-state index in [9.17, 15) is 4.79 Å². The molecular weight excluding hydrogens is 240 g/mol. The van der Waals surface area contributed by atoms with E-state index in [2.05, 4.69) is 4.98 Å². The molecule has 1 atom stereocenters. The fourth-order valence-corrected chi connectivity index (χ4v) is 2.14. The molecule has 1 aromatic heterocycles. The highest BCUT2D eigenvalue weighted by atomic mass is 35.5. The summed E-state index contributed by atoms with van der Waals surface area (Å²) in [6.45, 7) is 3.20. The van der Waals surface area contributed by atoms with Crippen molar-refractivity contribution in [1.82, 2.24) is 9.88 Å². The van der Waals surface area contributed by atoms with E-state index in [1.807, 2.05) is 6.92 Å². The van der Waals surface area contributed by atoms with Crippen molar-refractivity contribution in [1.29, 1.82) is 0 Å². The van der Waals surface area contributed by atoms with Gasteiger partial charge >= 0.3 is 0 Å². The topological polar surface area (TPSA) is 42.4 Å². The molecule has 0 spiro atoms. The van der Waals surface area contributed by atoms with E-state index >= 15 is 0 Å². The van der Waals surface area contributed by atoms with E-state index in [1.165, 1.54) is 6.20 Å². The molecule has 5 heteroatoms. The van der Waals surface area contributed by atoms with Gasteiger partial charge in [-0.3, -0.25) is 4.79 Å². The summed E-state index contributed by atoms with van der Waals surface area (Å²) in [7, 11) is 1.80. The number of nitrogens with zero attached hydrogens (tertiary/aromatic N) is 2. The summed E-state index contributed by atoms with van der Waals surface area (Å²) in [6, 6.07) is 1.87. The maximum absolute atomic E-state index is 12.3. The molecule has 1 aliphatic heterocycles. The summed E-state index contributed by atoms with van der Waals surface area (Å²) in [6.07, 6.45) is 2.43. The van der Waals surface area contributed by atoms with Crippen molar-refractivity contribution in [2.75, 3.05) is 20.3 Å². The minimum absolute atomic E-state index is 0.0258. The Bertz CT molecular complexity index is 431. The van der Waals surface area contributed by atoms with E-state index in [0.29, 0.717) is 17.3 Å². The predicted molar refractivity (Wildman–Crippen MR) is 65.3 cm³/mol. The average Bonchev–Trinajstić information content (AvgIpc) is 2.80. The van der Waals surface area contributed by atoms with Crippen LogP contribution in [0.25, 0.3) is 0 Å². The van der Waals surface area contributed by atoms with Crippen LogP contribution in [0, 0.1) is 6.92 Å². The third-order valence-corrected chi connectivity index (χ3v) is 3.29. The summed E-state index contributed by atoms with van der Waals surface area (Å²) in [5, 5.41) is 0.408. The van der Waals surface area contributed by atoms with Crippen molar-refractivity contribution >= 4 is 17.5 Å². The zero-order chi connectivity index (χ0) is 12.4. The first-order chi connectivity index (χ1) is 8.09. The summed E-state index contributed by atoms with van der Waals surface area (Å²) < 4.78 is 5.28. The van der Waals surface area contributed by atoms with Gasteiger partial charge in [0.2, 0.25) is 0 Å². The SMILES string of the molecule is Cc1cc(Cl)ncc1C(=O)N(C)[C@@H]1CCOC1. The normalized spacial score (nSPS) is 19.4. The lowest BCUT2D eigenvalue weighted by atomic mass is 10.1. The van der Waals surface area contributed by atoms with Crippen LogP contribution in [0.2, 0.25) is 5.15 Å². The number of carbonyl (C=O) groups is 1. The molecule has 17 heavy (non-hydrogen) atoms. The second-order valence-electron chi connectivity index (χ2n) is 4.26. The number of ether oxygens (including phenoxy) is 1. The third-order valence-electron chi connectivity index (χ3n) is 3.08. The molecule has 0 bridgehead atoms. The minimum Gasteiger partial charge on any atom is -0.379 e. The van der Waals surface area contributed by atoms with Crippen LogP contribution in [0.15, 0.2) is 12.3 Å². The second-order valence-corrected chi connectivity index (χ2v) is 4.64. The zero-order valence-corrected chi connectivity index (χ0v) is 10.7. The second kappa shape index (κ2) is 5.02. The van der Waals surface area contributed by atoms with Crippen molar-refractivity contribution in [2.24, 2.45) is 0 Å². The molecule has 2 rings (SSSR count). The molecule has 1 aromatic rings. The van der Waals surface area contributed by atoms with E-state index < -0.39 is 0 Å². The number of likely N-dealkylation sites (N-methyl/N-ethyl adjacent to an activating group) is 1. The molecule has 1 amide bonds. The molecular formula is C12H15ClN2O2. The highest BCUT2D eigenvalue weighted by Crippen LogP contribution is 2.17. The van der Waals surface area contributed by atoms with Crippen molar-refractivity contribution in [3.05, 3.63) is 28.5 Å². The number of rotatable bonds is 2. The number of amides is 1. The summed E-state index contributed by atoms with van der Waals surface area (Å²) in [4.78, 5) is 17.9. The Hall–Kier alpha value is -1.13. The Morgan fingerprint density at radius 1 is 1.65 bits per heavy atom. The first-order valence-corrected chi connectivity index (χ1v) is 5.94. The molecule has 0 aromatic carbocycles. The number of aromatic nitrogens is 1. The van der Waals surface area contributed by atoms with E-state index in [0.717, 1.165) is 18.6 Å². The Morgan fingerprint density at radius 2 is 2.41 bits per heavy atom. The van der Waals surface area contributed by atoms with Gasteiger partial charge in [-0.25, -0.2) is 4.98 Å². The highest BCUT2D eigenvalue weighted by molar-refractivity contribution is 6.29. The molecule has 0 N–H and O–H groups in total. The maximum Gasteiger partial charge on any atom is 0.255 e. The third kappa shape index (κ3) is 2.58. The van der Waals surface area contributed by atoms with Crippen LogP contribution in [0.5, 0.6) is 0 Å². The summed E-state index contributed by atoms with van der Waals surface area (Å²) in [5.74, 6) is -0.0258. The number of hydrogen-bond donors (Lipinski definition) is 0. The van der Waals surface area contributed by atoms with E-state index in [4.69, 9.17) is 16.3 Å².